The van der Waals surface area contributed by atoms with E-state index in [9.17, 15) is 0 Å². The molecule has 16 heavy (non-hydrogen) atoms. The van der Waals surface area contributed by atoms with Gasteiger partial charge < -0.3 is 10.7 Å². The Hall–Kier alpha value is -1.81. The molecule has 0 amide bonds. The van der Waals surface area contributed by atoms with E-state index in [-0.39, 0.29) is 0 Å². The first-order valence-electron chi connectivity index (χ1n) is 4.62. The Labute approximate surface area is 101 Å². The molecule has 1 aromatic rings. The van der Waals surface area contributed by atoms with E-state index in [1.165, 1.54) is 6.08 Å². The van der Waals surface area contributed by atoms with Crippen molar-refractivity contribution in [2.45, 2.75) is 4.90 Å². The van der Waals surface area contributed by atoms with Crippen LogP contribution in [0.15, 0.2) is 60.4 Å². The van der Waals surface area contributed by atoms with E-state index in [1.807, 2.05) is 6.07 Å². The summed E-state index contributed by atoms with van der Waals surface area (Å²) >= 11 is 4.18. The van der Waals surface area contributed by atoms with Crippen LogP contribution in [0.2, 0.25) is 0 Å². The van der Waals surface area contributed by atoms with Gasteiger partial charge in [0.25, 0.3) is 0 Å². The molecule has 0 saturated heterocycles. The quantitative estimate of drug-likeness (QED) is 0.414. The van der Waals surface area contributed by atoms with Crippen molar-refractivity contribution in [2.24, 2.45) is 0 Å². The molecule has 0 bridgehead atoms. The van der Waals surface area contributed by atoms with Gasteiger partial charge in [-0.15, -0.1) is 12.6 Å². The number of nitrogens with one attached hydrogen (secondary N) is 2. The van der Waals surface area contributed by atoms with Crippen LogP contribution in [0.25, 0.3) is 0 Å². The number of hydrogen-bond acceptors (Lipinski definition) is 4. The Balaban J connectivity index is 2.81. The van der Waals surface area contributed by atoms with Crippen LogP contribution >= 0.6 is 12.6 Å². The second-order valence-corrected chi connectivity index (χ2v) is 3.51. The Morgan fingerprint density at radius 1 is 1.38 bits per heavy atom. The molecule has 0 radical (unpaired) electrons. The molecule has 0 fully saturated rings. The zero-order chi connectivity index (χ0) is 12.0. The van der Waals surface area contributed by atoms with Crippen molar-refractivity contribution in [3.63, 3.8) is 0 Å². The van der Waals surface area contributed by atoms with Crippen LogP contribution in [0, 0.1) is 5.41 Å². The minimum Gasteiger partial charge on any atom is -0.360 e. The van der Waals surface area contributed by atoms with Gasteiger partial charge in [0.15, 0.2) is 0 Å². The zero-order valence-corrected chi connectivity index (χ0v) is 9.67. The largest absolute Gasteiger partial charge is 0.360 e. The molecule has 0 aromatic carbocycles. The predicted octanol–water partition coefficient (Wildman–Crippen LogP) is 3.06. The van der Waals surface area contributed by atoms with Gasteiger partial charge in [-0.1, -0.05) is 19.2 Å². The number of nitrogens with zero attached hydrogens (tertiary/aromatic N) is 1. The maximum absolute atomic E-state index is 7.57. The fourth-order valence-electron chi connectivity index (χ4n) is 1.03. The normalized spacial score (nSPS) is 10.7. The maximum Gasteiger partial charge on any atom is 0.0620 e. The summed E-state index contributed by atoms with van der Waals surface area (Å²) in [5.74, 6) is 0. The number of aromatic nitrogens is 1. The van der Waals surface area contributed by atoms with Crippen LogP contribution in [0.1, 0.15) is 0 Å². The van der Waals surface area contributed by atoms with Crippen molar-refractivity contribution in [1.29, 1.82) is 5.41 Å². The number of rotatable bonds is 5. The highest BCUT2D eigenvalue weighted by molar-refractivity contribution is 7.80. The van der Waals surface area contributed by atoms with E-state index in [4.69, 9.17) is 5.41 Å². The Kier molecular flexibility index (Phi) is 4.54. The molecule has 82 valence electrons. The molecule has 0 unspecified atom stereocenters. The fraction of sp³-hybridized carbons (Fsp3) is 0. The average Bonchev–Trinajstić information content (AvgIpc) is 2.29. The van der Waals surface area contributed by atoms with Crippen LogP contribution in [0.4, 0.5) is 5.69 Å². The van der Waals surface area contributed by atoms with Gasteiger partial charge in [-0.2, -0.15) is 0 Å². The lowest BCUT2D eigenvalue weighted by Crippen LogP contribution is -1.98. The van der Waals surface area contributed by atoms with Gasteiger partial charge in [0.2, 0.25) is 0 Å². The van der Waals surface area contributed by atoms with Crippen LogP contribution in [-0.4, -0.2) is 10.7 Å². The lowest BCUT2D eigenvalue weighted by atomic mass is 10.1. The lowest BCUT2D eigenvalue weighted by molar-refractivity contribution is 1.24. The van der Waals surface area contributed by atoms with Crippen molar-refractivity contribution in [1.82, 2.24) is 4.98 Å². The minimum absolute atomic E-state index is 0.317. The van der Waals surface area contributed by atoms with Crippen molar-refractivity contribution in [3.8, 4) is 0 Å². The van der Waals surface area contributed by atoms with E-state index < -0.39 is 0 Å². The molecule has 0 aliphatic heterocycles. The van der Waals surface area contributed by atoms with Gasteiger partial charge in [0.1, 0.15) is 0 Å². The first kappa shape index (κ1) is 12.3. The number of allylic oxidation sites excluding steroid dienone is 3. The van der Waals surface area contributed by atoms with Gasteiger partial charge in [-0.3, -0.25) is 4.98 Å². The molecule has 0 atom stereocenters. The van der Waals surface area contributed by atoms with Crippen molar-refractivity contribution < 1.29 is 0 Å². The molecule has 0 spiro atoms. The summed E-state index contributed by atoms with van der Waals surface area (Å²) in [5.41, 5.74) is 1.79. The first-order valence-corrected chi connectivity index (χ1v) is 5.06. The third-order valence-electron chi connectivity index (χ3n) is 1.85. The molecule has 0 saturated carbocycles. The summed E-state index contributed by atoms with van der Waals surface area (Å²) in [6.45, 7) is 7.17. The molecule has 2 N–H and O–H groups in total. The molecule has 0 aliphatic carbocycles. The fourth-order valence-corrected chi connectivity index (χ4v) is 1.24. The molecule has 4 heteroatoms. The minimum atomic E-state index is 0.317. The summed E-state index contributed by atoms with van der Waals surface area (Å²) in [6, 6.07) is 1.84. The van der Waals surface area contributed by atoms with Crippen LogP contribution in [0.5, 0.6) is 0 Å². The van der Waals surface area contributed by atoms with E-state index in [1.54, 1.807) is 24.7 Å². The van der Waals surface area contributed by atoms with Gasteiger partial charge in [0, 0.05) is 22.9 Å². The highest BCUT2D eigenvalue weighted by Gasteiger charge is 1.96. The summed E-state index contributed by atoms with van der Waals surface area (Å²) in [5, 5.41) is 10.6. The second-order valence-electron chi connectivity index (χ2n) is 3.00. The summed E-state index contributed by atoms with van der Waals surface area (Å²) < 4.78 is 0. The maximum atomic E-state index is 7.57. The van der Waals surface area contributed by atoms with Crippen LogP contribution < -0.4 is 5.32 Å². The summed E-state index contributed by atoms with van der Waals surface area (Å²) in [7, 11) is 0. The predicted molar refractivity (Wildman–Crippen MR) is 71.3 cm³/mol. The highest BCUT2D eigenvalue weighted by Crippen LogP contribution is 2.12. The zero-order valence-electron chi connectivity index (χ0n) is 8.77. The number of pyridine rings is 1. The second kappa shape index (κ2) is 5.92. The first-order chi connectivity index (χ1) is 7.67. The van der Waals surface area contributed by atoms with Crippen LogP contribution in [-0.2, 0) is 0 Å². The lowest BCUT2D eigenvalue weighted by Gasteiger charge is -2.03. The number of thiol groups is 1. The monoisotopic (exact) mass is 231 g/mol. The van der Waals surface area contributed by atoms with Crippen molar-refractivity contribution in [3.05, 3.63) is 55.5 Å². The third kappa shape index (κ3) is 3.40. The van der Waals surface area contributed by atoms with Gasteiger partial charge in [0.05, 0.1) is 17.6 Å². The number of anilines is 1. The average molecular weight is 231 g/mol. The van der Waals surface area contributed by atoms with Gasteiger partial charge >= 0.3 is 0 Å². The molecule has 0 aliphatic rings. The van der Waals surface area contributed by atoms with Crippen molar-refractivity contribution >= 4 is 24.0 Å². The smallest absolute Gasteiger partial charge is 0.0620 e. The topological polar surface area (TPSA) is 48.8 Å². The third-order valence-corrected chi connectivity index (χ3v) is 2.10. The van der Waals surface area contributed by atoms with E-state index in [0.717, 1.165) is 10.6 Å². The molecule has 3 nitrogen and oxygen atoms in total. The Bertz CT molecular complexity index is 449. The summed E-state index contributed by atoms with van der Waals surface area (Å²) in [6.07, 6.45) is 8.06. The van der Waals surface area contributed by atoms with Gasteiger partial charge in [-0.25, -0.2) is 0 Å². The Morgan fingerprint density at radius 2 is 2.12 bits per heavy atom. The summed E-state index contributed by atoms with van der Waals surface area (Å²) in [4.78, 5) is 4.76. The molecule has 1 aromatic heterocycles. The Morgan fingerprint density at radius 3 is 2.69 bits per heavy atom. The highest BCUT2D eigenvalue weighted by atomic mass is 32.1. The van der Waals surface area contributed by atoms with Crippen molar-refractivity contribution in [2.75, 3.05) is 5.32 Å². The van der Waals surface area contributed by atoms with E-state index in [2.05, 4.69) is 36.1 Å². The van der Waals surface area contributed by atoms with E-state index >= 15 is 0 Å². The van der Waals surface area contributed by atoms with E-state index in [0.29, 0.717) is 11.3 Å². The van der Waals surface area contributed by atoms with Crippen LogP contribution in [0.3, 0.4) is 0 Å². The molecular formula is C12H13N3S. The SMILES string of the molecule is C=CC(=N)/C(C=C)=C\Nc1cncc(S)c1. The molecule has 1 heterocycles. The van der Waals surface area contributed by atoms with Gasteiger partial charge in [-0.05, 0) is 12.1 Å². The molecular weight excluding hydrogens is 218 g/mol. The number of hydrogen-bond donors (Lipinski definition) is 3. The standard InChI is InChI=1S/C12H13N3S/c1-3-9(12(13)4-2)6-15-10-5-11(16)8-14-7-10/h3-8,13,15-16H,1-2H2/b9-6-,13-12?. The molecule has 1 rings (SSSR count).